The van der Waals surface area contributed by atoms with Crippen molar-refractivity contribution >= 4 is 5.97 Å². The molecule has 0 aliphatic heterocycles. The summed E-state index contributed by atoms with van der Waals surface area (Å²) in [6.07, 6.45) is 0.622. The smallest absolute Gasteiger partial charge is 0.316 e. The monoisotopic (exact) mass is 224 g/mol. The van der Waals surface area contributed by atoms with E-state index in [4.69, 9.17) is 4.74 Å². The first-order valence-electron chi connectivity index (χ1n) is 5.48. The van der Waals surface area contributed by atoms with E-state index in [-0.39, 0.29) is 11.8 Å². The summed E-state index contributed by atoms with van der Waals surface area (Å²) >= 11 is 0. The van der Waals surface area contributed by atoms with Gasteiger partial charge in [-0.2, -0.15) is 0 Å². The van der Waals surface area contributed by atoms with Crippen LogP contribution in [-0.2, 0) is 14.9 Å². The molecule has 88 valence electrons. The van der Waals surface area contributed by atoms with Crippen LogP contribution in [0, 0.1) is 5.82 Å². The third kappa shape index (κ3) is 2.40. The molecule has 0 spiro atoms. The lowest BCUT2D eigenvalue weighted by molar-refractivity contribution is -0.149. The fraction of sp³-hybridized carbons (Fsp3) is 0.462. The number of carbonyl (C=O) groups excluding carboxylic acids is 1. The van der Waals surface area contributed by atoms with E-state index in [2.05, 4.69) is 0 Å². The summed E-state index contributed by atoms with van der Waals surface area (Å²) in [6.45, 7) is 5.87. The van der Waals surface area contributed by atoms with Gasteiger partial charge in [0, 0.05) is 0 Å². The Balaban J connectivity index is 3.04. The van der Waals surface area contributed by atoms with Crippen molar-refractivity contribution in [1.82, 2.24) is 0 Å². The van der Waals surface area contributed by atoms with Crippen molar-refractivity contribution in [1.29, 1.82) is 0 Å². The van der Waals surface area contributed by atoms with Crippen molar-refractivity contribution in [2.45, 2.75) is 32.6 Å². The molecule has 0 heterocycles. The highest BCUT2D eigenvalue weighted by molar-refractivity contribution is 5.82. The summed E-state index contributed by atoms with van der Waals surface area (Å²) in [7, 11) is 0. The Morgan fingerprint density at radius 1 is 1.31 bits per heavy atom. The van der Waals surface area contributed by atoms with Crippen LogP contribution in [0.15, 0.2) is 24.3 Å². The Morgan fingerprint density at radius 2 is 1.88 bits per heavy atom. The van der Waals surface area contributed by atoms with Crippen LogP contribution in [0.4, 0.5) is 4.39 Å². The highest BCUT2D eigenvalue weighted by atomic mass is 19.1. The first-order valence-corrected chi connectivity index (χ1v) is 5.48. The van der Waals surface area contributed by atoms with Crippen molar-refractivity contribution in [3.05, 3.63) is 35.6 Å². The van der Waals surface area contributed by atoms with Crippen molar-refractivity contribution in [3.8, 4) is 0 Å². The maximum atomic E-state index is 12.8. The summed E-state index contributed by atoms with van der Waals surface area (Å²) in [5.74, 6) is -0.560. The van der Waals surface area contributed by atoms with E-state index in [9.17, 15) is 9.18 Å². The lowest BCUT2D eigenvalue weighted by Gasteiger charge is -2.26. The number of benzene rings is 1. The fourth-order valence-corrected chi connectivity index (χ4v) is 1.57. The van der Waals surface area contributed by atoms with Crippen LogP contribution in [0.25, 0.3) is 0 Å². The molecule has 0 N–H and O–H groups in total. The van der Waals surface area contributed by atoms with Gasteiger partial charge >= 0.3 is 5.97 Å². The molecule has 0 aromatic heterocycles. The SMILES string of the molecule is CCOC(=O)C(C)(CC)c1ccc(F)cc1. The van der Waals surface area contributed by atoms with Crippen LogP contribution in [0.3, 0.4) is 0 Å². The topological polar surface area (TPSA) is 26.3 Å². The van der Waals surface area contributed by atoms with Crippen molar-refractivity contribution in [2.24, 2.45) is 0 Å². The van der Waals surface area contributed by atoms with Gasteiger partial charge in [-0.25, -0.2) is 4.39 Å². The molecule has 1 atom stereocenters. The molecule has 0 aliphatic carbocycles. The van der Waals surface area contributed by atoms with Crippen LogP contribution in [-0.4, -0.2) is 12.6 Å². The second kappa shape index (κ2) is 5.10. The van der Waals surface area contributed by atoms with Crippen LogP contribution in [0.1, 0.15) is 32.8 Å². The first kappa shape index (κ1) is 12.7. The van der Waals surface area contributed by atoms with E-state index in [0.29, 0.717) is 13.0 Å². The van der Waals surface area contributed by atoms with Crippen LogP contribution < -0.4 is 0 Å². The van der Waals surface area contributed by atoms with Crippen molar-refractivity contribution in [2.75, 3.05) is 6.61 Å². The number of rotatable bonds is 4. The van der Waals surface area contributed by atoms with Gasteiger partial charge in [0.1, 0.15) is 5.82 Å². The molecule has 1 aromatic rings. The predicted octanol–water partition coefficient (Wildman–Crippen LogP) is 3.06. The minimum Gasteiger partial charge on any atom is -0.465 e. The Hall–Kier alpha value is -1.38. The van der Waals surface area contributed by atoms with E-state index in [0.717, 1.165) is 5.56 Å². The number of hydrogen-bond acceptors (Lipinski definition) is 2. The van der Waals surface area contributed by atoms with Gasteiger partial charge in [-0.05, 0) is 38.0 Å². The standard InChI is InChI=1S/C13H17FO2/c1-4-13(3,12(15)16-5-2)10-6-8-11(14)9-7-10/h6-9H,4-5H2,1-3H3. The first-order chi connectivity index (χ1) is 7.54. The second-order valence-electron chi connectivity index (χ2n) is 3.91. The zero-order chi connectivity index (χ0) is 12.2. The average molecular weight is 224 g/mol. The van der Waals surface area contributed by atoms with Gasteiger partial charge in [0.05, 0.1) is 12.0 Å². The van der Waals surface area contributed by atoms with E-state index in [1.807, 2.05) is 13.8 Å². The Bertz CT molecular complexity index is 359. The maximum absolute atomic E-state index is 12.8. The Kier molecular flexibility index (Phi) is 4.05. The normalized spacial score (nSPS) is 14.2. The third-order valence-corrected chi connectivity index (χ3v) is 2.91. The molecule has 1 rings (SSSR count). The largest absolute Gasteiger partial charge is 0.465 e. The lowest BCUT2D eigenvalue weighted by atomic mass is 9.80. The summed E-state index contributed by atoms with van der Waals surface area (Å²) in [5, 5.41) is 0. The summed E-state index contributed by atoms with van der Waals surface area (Å²) in [4.78, 5) is 11.9. The van der Waals surface area contributed by atoms with Gasteiger partial charge in [-0.15, -0.1) is 0 Å². The summed E-state index contributed by atoms with van der Waals surface area (Å²) < 4.78 is 17.9. The highest BCUT2D eigenvalue weighted by Crippen LogP contribution is 2.29. The molecule has 0 bridgehead atoms. The average Bonchev–Trinajstić information content (AvgIpc) is 2.29. The lowest BCUT2D eigenvalue weighted by Crippen LogP contribution is -2.33. The molecule has 16 heavy (non-hydrogen) atoms. The third-order valence-electron chi connectivity index (χ3n) is 2.91. The molecule has 1 aromatic carbocycles. The van der Waals surface area contributed by atoms with E-state index < -0.39 is 5.41 Å². The predicted molar refractivity (Wildman–Crippen MR) is 60.7 cm³/mol. The second-order valence-corrected chi connectivity index (χ2v) is 3.91. The van der Waals surface area contributed by atoms with Gasteiger partial charge < -0.3 is 4.74 Å². The molecular weight excluding hydrogens is 207 g/mol. The van der Waals surface area contributed by atoms with Gasteiger partial charge in [0.2, 0.25) is 0 Å². The van der Waals surface area contributed by atoms with Gasteiger partial charge in [0.15, 0.2) is 0 Å². The molecule has 0 saturated heterocycles. The molecule has 0 saturated carbocycles. The zero-order valence-corrected chi connectivity index (χ0v) is 9.92. The van der Waals surface area contributed by atoms with Crippen LogP contribution in [0.2, 0.25) is 0 Å². The minimum absolute atomic E-state index is 0.260. The summed E-state index contributed by atoms with van der Waals surface area (Å²) in [5.41, 5.74) is 0.0961. The van der Waals surface area contributed by atoms with E-state index in [1.54, 1.807) is 19.1 Å². The van der Waals surface area contributed by atoms with Crippen molar-refractivity contribution in [3.63, 3.8) is 0 Å². The molecule has 0 radical (unpaired) electrons. The molecular formula is C13H17FO2. The highest BCUT2D eigenvalue weighted by Gasteiger charge is 2.34. The van der Waals surface area contributed by atoms with Gasteiger partial charge in [0.25, 0.3) is 0 Å². The van der Waals surface area contributed by atoms with Crippen molar-refractivity contribution < 1.29 is 13.9 Å². The fourth-order valence-electron chi connectivity index (χ4n) is 1.57. The van der Waals surface area contributed by atoms with Crippen LogP contribution in [0.5, 0.6) is 0 Å². The number of ether oxygens (including phenoxy) is 1. The molecule has 3 heteroatoms. The van der Waals surface area contributed by atoms with E-state index in [1.165, 1.54) is 12.1 Å². The van der Waals surface area contributed by atoms with E-state index >= 15 is 0 Å². The quantitative estimate of drug-likeness (QED) is 0.735. The van der Waals surface area contributed by atoms with Gasteiger partial charge in [-0.3, -0.25) is 4.79 Å². The Labute approximate surface area is 95.4 Å². The molecule has 2 nitrogen and oxygen atoms in total. The Morgan fingerprint density at radius 3 is 2.31 bits per heavy atom. The minimum atomic E-state index is -0.691. The molecule has 0 aliphatic rings. The number of esters is 1. The molecule has 0 amide bonds. The number of carbonyl (C=O) groups is 1. The maximum Gasteiger partial charge on any atom is 0.316 e. The molecule has 1 unspecified atom stereocenters. The molecule has 0 fully saturated rings. The number of halogens is 1. The number of hydrogen-bond donors (Lipinski definition) is 0. The van der Waals surface area contributed by atoms with Crippen LogP contribution >= 0.6 is 0 Å². The zero-order valence-electron chi connectivity index (χ0n) is 9.92. The van der Waals surface area contributed by atoms with Gasteiger partial charge in [-0.1, -0.05) is 19.1 Å². The summed E-state index contributed by atoms with van der Waals surface area (Å²) in [6, 6.07) is 6.00.